The standard InChI is InChI=1S/C23H18N6O3/c24-21(30)20(13-4-2-1-3-5-13)28-22(31)17-11-26-19-9-7-15(12-29(17)19)14-6-8-18-16(10-14)27-23(25)32-18/h1-12,20H,(H2,24,30)(H2,25,27)(H,28,31)/t20-/m0/s1. The van der Waals surface area contributed by atoms with Crippen molar-refractivity contribution in [3.05, 3.63) is 84.3 Å². The maximum absolute atomic E-state index is 13.0. The molecule has 5 aromatic rings. The van der Waals surface area contributed by atoms with Crippen molar-refractivity contribution in [3.8, 4) is 11.1 Å². The van der Waals surface area contributed by atoms with Gasteiger partial charge in [0.25, 0.3) is 11.9 Å². The lowest BCUT2D eigenvalue weighted by Crippen LogP contribution is -2.37. The van der Waals surface area contributed by atoms with E-state index in [1.54, 1.807) is 47.0 Å². The van der Waals surface area contributed by atoms with E-state index in [4.69, 9.17) is 15.9 Å². The molecule has 0 saturated heterocycles. The van der Waals surface area contributed by atoms with Crippen molar-refractivity contribution >= 4 is 34.6 Å². The Labute approximate surface area is 181 Å². The number of carbonyl (C=O) groups excluding carboxylic acids is 2. The Morgan fingerprint density at radius 3 is 2.59 bits per heavy atom. The van der Waals surface area contributed by atoms with Gasteiger partial charge in [0, 0.05) is 6.20 Å². The number of hydrogen-bond acceptors (Lipinski definition) is 6. The largest absolute Gasteiger partial charge is 0.424 e. The molecule has 5 rings (SSSR count). The number of nitrogen functional groups attached to an aromatic ring is 1. The Morgan fingerprint density at radius 1 is 1.03 bits per heavy atom. The molecule has 0 saturated carbocycles. The second-order valence-electron chi connectivity index (χ2n) is 7.24. The van der Waals surface area contributed by atoms with E-state index >= 15 is 0 Å². The zero-order chi connectivity index (χ0) is 22.2. The number of nitrogens with two attached hydrogens (primary N) is 2. The fraction of sp³-hybridized carbons (Fsp3) is 0.0435. The van der Waals surface area contributed by atoms with Crippen LogP contribution in [0.2, 0.25) is 0 Å². The third kappa shape index (κ3) is 3.41. The molecule has 2 aromatic carbocycles. The lowest BCUT2D eigenvalue weighted by atomic mass is 10.1. The monoisotopic (exact) mass is 426 g/mol. The van der Waals surface area contributed by atoms with E-state index < -0.39 is 17.9 Å². The van der Waals surface area contributed by atoms with Crippen molar-refractivity contribution in [3.63, 3.8) is 0 Å². The first kappa shape index (κ1) is 19.3. The van der Waals surface area contributed by atoms with Gasteiger partial charge in [0.05, 0.1) is 6.20 Å². The molecule has 0 spiro atoms. The second-order valence-corrected chi connectivity index (χ2v) is 7.24. The van der Waals surface area contributed by atoms with Gasteiger partial charge in [-0.3, -0.25) is 14.0 Å². The lowest BCUT2D eigenvalue weighted by molar-refractivity contribution is -0.120. The van der Waals surface area contributed by atoms with Gasteiger partial charge in [0.15, 0.2) is 5.58 Å². The Morgan fingerprint density at radius 2 is 1.81 bits per heavy atom. The zero-order valence-corrected chi connectivity index (χ0v) is 16.7. The molecule has 0 aliphatic rings. The summed E-state index contributed by atoms with van der Waals surface area (Å²) in [5.41, 5.74) is 15.5. The minimum Gasteiger partial charge on any atom is -0.424 e. The Bertz CT molecular complexity index is 1470. The normalized spacial score (nSPS) is 12.1. The highest BCUT2D eigenvalue weighted by Crippen LogP contribution is 2.26. The summed E-state index contributed by atoms with van der Waals surface area (Å²) >= 11 is 0. The van der Waals surface area contributed by atoms with Gasteiger partial charge in [0.1, 0.15) is 22.9 Å². The molecule has 0 aliphatic carbocycles. The van der Waals surface area contributed by atoms with E-state index in [0.29, 0.717) is 22.3 Å². The molecule has 3 aromatic heterocycles. The summed E-state index contributed by atoms with van der Waals surface area (Å²) < 4.78 is 6.98. The van der Waals surface area contributed by atoms with Crippen molar-refractivity contribution in [2.45, 2.75) is 6.04 Å². The highest BCUT2D eigenvalue weighted by molar-refractivity contribution is 5.97. The highest BCUT2D eigenvalue weighted by Gasteiger charge is 2.22. The number of anilines is 1. The van der Waals surface area contributed by atoms with Crippen LogP contribution in [0.5, 0.6) is 0 Å². The number of amides is 2. The topological polar surface area (TPSA) is 142 Å². The maximum Gasteiger partial charge on any atom is 0.292 e. The fourth-order valence-corrected chi connectivity index (χ4v) is 3.61. The molecule has 1 atom stereocenters. The van der Waals surface area contributed by atoms with E-state index in [2.05, 4.69) is 15.3 Å². The van der Waals surface area contributed by atoms with Crippen LogP contribution in [0.4, 0.5) is 6.01 Å². The molecule has 32 heavy (non-hydrogen) atoms. The van der Waals surface area contributed by atoms with Gasteiger partial charge in [0.2, 0.25) is 5.91 Å². The third-order valence-corrected chi connectivity index (χ3v) is 5.17. The van der Waals surface area contributed by atoms with Crippen LogP contribution in [0.1, 0.15) is 22.1 Å². The van der Waals surface area contributed by atoms with Gasteiger partial charge in [-0.15, -0.1) is 0 Å². The summed E-state index contributed by atoms with van der Waals surface area (Å²) in [6.07, 6.45) is 3.25. The molecule has 0 aliphatic heterocycles. The minimum atomic E-state index is -0.961. The van der Waals surface area contributed by atoms with Crippen molar-refractivity contribution in [2.24, 2.45) is 5.73 Å². The van der Waals surface area contributed by atoms with Crippen molar-refractivity contribution < 1.29 is 14.0 Å². The first-order valence-electron chi connectivity index (χ1n) is 9.78. The number of fused-ring (bicyclic) bond motifs is 2. The van der Waals surface area contributed by atoms with Gasteiger partial charge in [-0.2, -0.15) is 4.98 Å². The summed E-state index contributed by atoms with van der Waals surface area (Å²) in [5.74, 6) is -1.12. The van der Waals surface area contributed by atoms with Crippen LogP contribution in [-0.4, -0.2) is 26.2 Å². The first-order chi connectivity index (χ1) is 15.5. The molecule has 0 bridgehead atoms. The quantitative estimate of drug-likeness (QED) is 0.394. The van der Waals surface area contributed by atoms with Gasteiger partial charge in [-0.25, -0.2) is 4.98 Å². The molecular weight excluding hydrogens is 408 g/mol. The van der Waals surface area contributed by atoms with Gasteiger partial charge in [-0.05, 0) is 41.0 Å². The summed E-state index contributed by atoms with van der Waals surface area (Å²) in [6.45, 7) is 0. The van der Waals surface area contributed by atoms with Gasteiger partial charge >= 0.3 is 0 Å². The Kier molecular flexibility index (Phi) is 4.55. The predicted molar refractivity (Wildman–Crippen MR) is 118 cm³/mol. The van der Waals surface area contributed by atoms with Gasteiger partial charge < -0.3 is 21.2 Å². The summed E-state index contributed by atoms with van der Waals surface area (Å²) in [5, 5.41) is 2.70. The predicted octanol–water partition coefficient (Wildman–Crippen LogP) is 2.68. The maximum atomic E-state index is 13.0. The molecule has 158 valence electrons. The van der Waals surface area contributed by atoms with Crippen LogP contribution in [0, 0.1) is 0 Å². The first-order valence-corrected chi connectivity index (χ1v) is 9.78. The smallest absolute Gasteiger partial charge is 0.292 e. The average molecular weight is 426 g/mol. The van der Waals surface area contributed by atoms with Crippen molar-refractivity contribution in [2.75, 3.05) is 5.73 Å². The third-order valence-electron chi connectivity index (χ3n) is 5.17. The average Bonchev–Trinajstić information content (AvgIpc) is 3.39. The fourth-order valence-electron chi connectivity index (χ4n) is 3.61. The molecule has 9 heteroatoms. The van der Waals surface area contributed by atoms with E-state index in [1.807, 2.05) is 24.3 Å². The number of carbonyl (C=O) groups is 2. The molecule has 9 nitrogen and oxygen atoms in total. The van der Waals surface area contributed by atoms with E-state index in [0.717, 1.165) is 11.1 Å². The van der Waals surface area contributed by atoms with Crippen LogP contribution in [0.25, 0.3) is 27.9 Å². The van der Waals surface area contributed by atoms with Crippen LogP contribution in [0.15, 0.2) is 77.5 Å². The molecular formula is C23H18N6O3. The SMILES string of the molecule is NC(=O)[C@@H](NC(=O)c1cnc2ccc(-c3ccc4oc(N)nc4c3)cn12)c1ccccc1. The van der Waals surface area contributed by atoms with E-state index in [-0.39, 0.29) is 11.7 Å². The number of nitrogens with zero attached hydrogens (tertiary/aromatic N) is 3. The molecule has 5 N–H and O–H groups in total. The number of aromatic nitrogens is 3. The molecule has 2 amide bonds. The number of nitrogens with one attached hydrogen (secondary N) is 1. The number of oxazole rings is 1. The second kappa shape index (κ2) is 7.55. The van der Waals surface area contributed by atoms with Crippen molar-refractivity contribution in [1.29, 1.82) is 0 Å². The summed E-state index contributed by atoms with van der Waals surface area (Å²) in [7, 11) is 0. The molecule has 0 radical (unpaired) electrons. The van der Waals surface area contributed by atoms with Crippen LogP contribution >= 0.6 is 0 Å². The Balaban J connectivity index is 1.50. The number of rotatable bonds is 5. The summed E-state index contributed by atoms with van der Waals surface area (Å²) in [6, 6.07) is 17.2. The Hall–Kier alpha value is -4.66. The molecule has 3 heterocycles. The summed E-state index contributed by atoms with van der Waals surface area (Å²) in [4.78, 5) is 33.5. The van der Waals surface area contributed by atoms with E-state index in [1.165, 1.54) is 6.20 Å². The zero-order valence-electron chi connectivity index (χ0n) is 16.7. The van der Waals surface area contributed by atoms with Crippen LogP contribution < -0.4 is 16.8 Å². The number of imidazole rings is 1. The minimum absolute atomic E-state index is 0.101. The molecule has 0 fully saturated rings. The van der Waals surface area contributed by atoms with Crippen LogP contribution in [-0.2, 0) is 4.79 Å². The lowest BCUT2D eigenvalue weighted by Gasteiger charge is -2.15. The van der Waals surface area contributed by atoms with Crippen LogP contribution in [0.3, 0.4) is 0 Å². The highest BCUT2D eigenvalue weighted by atomic mass is 16.4. The molecule has 0 unspecified atom stereocenters. The number of primary amides is 1. The number of pyridine rings is 1. The van der Waals surface area contributed by atoms with Gasteiger partial charge in [-0.1, -0.05) is 36.4 Å². The van der Waals surface area contributed by atoms with E-state index in [9.17, 15) is 9.59 Å². The van der Waals surface area contributed by atoms with Crippen molar-refractivity contribution in [1.82, 2.24) is 19.7 Å². The number of hydrogen-bond donors (Lipinski definition) is 3. The number of benzene rings is 2.